The maximum atomic E-state index is 2.41. The molecule has 11 rings (SSSR count). The lowest BCUT2D eigenvalue weighted by Crippen LogP contribution is -1.85. The molecule has 226 valence electrons. The smallest absolute Gasteiger partial charge is 0.0355 e. The molecule has 0 nitrogen and oxygen atoms in total. The Kier molecular flexibility index (Phi) is 5.64. The molecule has 0 N–H and O–H groups in total. The third-order valence-electron chi connectivity index (χ3n) is 10.6. The molecule has 0 aliphatic carbocycles. The number of hydrogen-bond donors (Lipinski definition) is 0. The Morgan fingerprint density at radius 1 is 0.204 bits per heavy atom. The maximum absolute atomic E-state index is 2.41. The Morgan fingerprint density at radius 2 is 0.449 bits per heavy atom. The molecule has 0 fully saturated rings. The first-order chi connectivity index (χ1) is 24.3. The number of fused-ring (bicyclic) bond motifs is 15. The van der Waals surface area contributed by atoms with Crippen molar-refractivity contribution >= 4 is 96.1 Å². The van der Waals surface area contributed by atoms with Gasteiger partial charge in [-0.15, -0.1) is 11.3 Å². The van der Waals surface area contributed by atoms with E-state index < -0.39 is 0 Å². The highest BCUT2D eigenvalue weighted by molar-refractivity contribution is 7.25. The molecule has 0 saturated carbocycles. The minimum Gasteiger partial charge on any atom is -0.135 e. The van der Waals surface area contributed by atoms with Gasteiger partial charge in [-0.1, -0.05) is 133 Å². The molecule has 0 aliphatic rings. The third kappa shape index (κ3) is 3.97. The highest BCUT2D eigenvalue weighted by atomic mass is 32.1. The summed E-state index contributed by atoms with van der Waals surface area (Å²) in [5.41, 5.74) is 5.00. The van der Waals surface area contributed by atoms with Gasteiger partial charge in [0.25, 0.3) is 0 Å². The second-order valence-corrected chi connectivity index (χ2v) is 14.3. The fourth-order valence-electron chi connectivity index (χ4n) is 8.31. The average Bonchev–Trinajstić information content (AvgIpc) is 3.55. The first kappa shape index (κ1) is 27.0. The maximum Gasteiger partial charge on any atom is 0.0355 e. The number of hydrogen-bond acceptors (Lipinski definition) is 1. The molecule has 0 bridgehead atoms. The largest absolute Gasteiger partial charge is 0.135 e. The van der Waals surface area contributed by atoms with Crippen LogP contribution in [0.5, 0.6) is 0 Å². The normalized spacial score (nSPS) is 12.1. The Balaban J connectivity index is 1.08. The molecule has 0 aliphatic heterocycles. The van der Waals surface area contributed by atoms with E-state index >= 15 is 0 Å². The summed E-state index contributed by atoms with van der Waals surface area (Å²) in [6.45, 7) is 0. The zero-order chi connectivity index (χ0) is 32.1. The molecule has 0 amide bonds. The van der Waals surface area contributed by atoms with E-state index in [1.165, 1.54) is 107 Å². The predicted octanol–water partition coefficient (Wildman–Crippen LogP) is 14.3. The molecule has 10 aromatic carbocycles. The van der Waals surface area contributed by atoms with Crippen LogP contribution in [0.15, 0.2) is 170 Å². The predicted molar refractivity (Wildman–Crippen MR) is 215 cm³/mol. The van der Waals surface area contributed by atoms with Crippen LogP contribution in [-0.4, -0.2) is 0 Å². The van der Waals surface area contributed by atoms with Crippen molar-refractivity contribution in [1.29, 1.82) is 0 Å². The van der Waals surface area contributed by atoms with Gasteiger partial charge in [0, 0.05) is 20.2 Å². The summed E-state index contributed by atoms with van der Waals surface area (Å²) in [5.74, 6) is 0. The molecule has 1 heterocycles. The summed E-state index contributed by atoms with van der Waals surface area (Å²) in [4.78, 5) is 0. The Hall–Kier alpha value is -6.02. The molecule has 1 aromatic heterocycles. The third-order valence-corrected chi connectivity index (χ3v) is 11.8. The molecular formula is C48H28S. The van der Waals surface area contributed by atoms with Crippen LogP contribution in [-0.2, 0) is 0 Å². The molecule has 0 radical (unpaired) electrons. The molecule has 49 heavy (non-hydrogen) atoms. The zero-order valence-corrected chi connectivity index (χ0v) is 27.4. The monoisotopic (exact) mass is 636 g/mol. The van der Waals surface area contributed by atoms with Gasteiger partial charge in [-0.05, 0) is 123 Å². The van der Waals surface area contributed by atoms with E-state index in [1.807, 2.05) is 11.3 Å². The SMILES string of the molecule is c1ccc2c(c1)c1ccccc1c1cc(-c3ccc4sc5ccc(-c6ccc7c8ccccc8c8ccccc8c7c6)cc5c4c3)ccc21. The van der Waals surface area contributed by atoms with Gasteiger partial charge in [0.1, 0.15) is 0 Å². The second-order valence-electron chi connectivity index (χ2n) is 13.2. The summed E-state index contributed by atoms with van der Waals surface area (Å²) in [7, 11) is 0. The number of rotatable bonds is 2. The summed E-state index contributed by atoms with van der Waals surface area (Å²) in [5, 5.41) is 18.3. The topological polar surface area (TPSA) is 0 Å². The van der Waals surface area contributed by atoms with E-state index in [4.69, 9.17) is 0 Å². The lowest BCUT2D eigenvalue weighted by molar-refractivity contribution is 1.70. The van der Waals surface area contributed by atoms with Crippen LogP contribution in [0.2, 0.25) is 0 Å². The highest BCUT2D eigenvalue weighted by Gasteiger charge is 2.14. The fraction of sp³-hybridized carbons (Fsp3) is 0. The minimum absolute atomic E-state index is 1.25. The number of thiophene rings is 1. The fourth-order valence-corrected chi connectivity index (χ4v) is 9.38. The average molecular weight is 637 g/mol. The molecule has 0 saturated heterocycles. The van der Waals surface area contributed by atoms with Crippen LogP contribution >= 0.6 is 11.3 Å². The summed E-state index contributed by atoms with van der Waals surface area (Å²) >= 11 is 1.88. The van der Waals surface area contributed by atoms with Gasteiger partial charge in [0.05, 0.1) is 0 Å². The van der Waals surface area contributed by atoms with Crippen LogP contribution in [0.3, 0.4) is 0 Å². The van der Waals surface area contributed by atoms with Gasteiger partial charge in [-0.2, -0.15) is 0 Å². The van der Waals surface area contributed by atoms with Gasteiger partial charge < -0.3 is 0 Å². The van der Waals surface area contributed by atoms with Crippen molar-refractivity contribution in [2.45, 2.75) is 0 Å². The van der Waals surface area contributed by atoms with Gasteiger partial charge in [0.15, 0.2) is 0 Å². The van der Waals surface area contributed by atoms with Crippen molar-refractivity contribution in [3.8, 4) is 22.3 Å². The molecule has 11 aromatic rings. The van der Waals surface area contributed by atoms with E-state index in [2.05, 4.69) is 170 Å². The van der Waals surface area contributed by atoms with E-state index in [0.717, 1.165) is 0 Å². The van der Waals surface area contributed by atoms with Crippen LogP contribution < -0.4 is 0 Å². The molecule has 1 heteroatoms. The quantitative estimate of drug-likeness (QED) is 0.166. The molecule has 0 unspecified atom stereocenters. The van der Waals surface area contributed by atoms with Crippen molar-refractivity contribution in [1.82, 2.24) is 0 Å². The summed E-state index contributed by atoms with van der Waals surface area (Å²) in [6.07, 6.45) is 0. The van der Waals surface area contributed by atoms with Crippen molar-refractivity contribution in [3.63, 3.8) is 0 Å². The van der Waals surface area contributed by atoms with Gasteiger partial charge in [-0.3, -0.25) is 0 Å². The van der Waals surface area contributed by atoms with Crippen LogP contribution in [0.4, 0.5) is 0 Å². The van der Waals surface area contributed by atoms with Gasteiger partial charge >= 0.3 is 0 Å². The van der Waals surface area contributed by atoms with Crippen LogP contribution in [0.25, 0.3) is 107 Å². The zero-order valence-electron chi connectivity index (χ0n) is 26.6. The molecular weight excluding hydrogens is 609 g/mol. The van der Waals surface area contributed by atoms with Crippen molar-refractivity contribution in [2.24, 2.45) is 0 Å². The van der Waals surface area contributed by atoms with E-state index in [1.54, 1.807) is 0 Å². The molecule has 0 atom stereocenters. The van der Waals surface area contributed by atoms with Gasteiger partial charge in [0.2, 0.25) is 0 Å². The Bertz CT molecular complexity index is 2880. The molecule has 0 spiro atoms. The Labute approximate surface area is 287 Å². The van der Waals surface area contributed by atoms with Gasteiger partial charge in [-0.25, -0.2) is 0 Å². The van der Waals surface area contributed by atoms with E-state index in [9.17, 15) is 0 Å². The van der Waals surface area contributed by atoms with E-state index in [0.29, 0.717) is 0 Å². The summed E-state index contributed by atoms with van der Waals surface area (Å²) < 4.78 is 2.65. The number of benzene rings is 10. The first-order valence-electron chi connectivity index (χ1n) is 16.9. The van der Waals surface area contributed by atoms with Crippen LogP contribution in [0, 0.1) is 0 Å². The van der Waals surface area contributed by atoms with Crippen LogP contribution in [0.1, 0.15) is 0 Å². The van der Waals surface area contributed by atoms with E-state index in [-0.39, 0.29) is 0 Å². The second kappa shape index (κ2) is 10.2. The highest BCUT2D eigenvalue weighted by Crippen LogP contribution is 2.42. The van der Waals surface area contributed by atoms with Crippen molar-refractivity contribution in [3.05, 3.63) is 170 Å². The Morgan fingerprint density at radius 3 is 0.776 bits per heavy atom. The minimum atomic E-state index is 1.25. The van der Waals surface area contributed by atoms with Crippen molar-refractivity contribution < 1.29 is 0 Å². The first-order valence-corrected chi connectivity index (χ1v) is 17.7. The van der Waals surface area contributed by atoms with Crippen molar-refractivity contribution in [2.75, 3.05) is 0 Å². The standard InChI is InChI=1S/C48H28S/c1-3-13-37-33(9-1)35-11-5-7-15-39(35)43-25-29(17-21-41(37)43)31-19-23-47-45(27-31)46-28-32(20-24-48(46)49-47)30-18-22-42-38-14-4-2-10-34(38)36-12-6-8-16-40(36)44(42)26-30/h1-28H. The lowest BCUT2D eigenvalue weighted by atomic mass is 9.91. The lowest BCUT2D eigenvalue weighted by Gasteiger charge is -2.12. The summed E-state index contributed by atoms with van der Waals surface area (Å²) in [6, 6.07) is 63.3.